The third-order valence-electron chi connectivity index (χ3n) is 3.94. The first-order chi connectivity index (χ1) is 11.1. The van der Waals surface area contributed by atoms with Gasteiger partial charge in [0.15, 0.2) is 0 Å². The lowest BCUT2D eigenvalue weighted by atomic mass is 10.1. The Balaban J connectivity index is 1.64. The van der Waals surface area contributed by atoms with Crippen molar-refractivity contribution in [2.75, 3.05) is 18.0 Å². The van der Waals surface area contributed by atoms with Gasteiger partial charge in [-0.3, -0.25) is 9.59 Å². The Kier molecular flexibility index (Phi) is 4.36. The summed E-state index contributed by atoms with van der Waals surface area (Å²) >= 11 is 0. The fourth-order valence-electron chi connectivity index (χ4n) is 2.62. The first kappa shape index (κ1) is 15.2. The molecule has 0 spiro atoms. The molecule has 3 rings (SSSR count). The van der Waals surface area contributed by atoms with Crippen LogP contribution in [0.1, 0.15) is 36.2 Å². The van der Waals surface area contributed by atoms with Crippen LogP contribution in [0.3, 0.4) is 0 Å². The zero-order valence-electron chi connectivity index (χ0n) is 13.0. The van der Waals surface area contributed by atoms with E-state index >= 15 is 0 Å². The minimum absolute atomic E-state index is 0.0183. The summed E-state index contributed by atoms with van der Waals surface area (Å²) in [6.07, 6.45) is 4.53. The maximum atomic E-state index is 12.3. The predicted molar refractivity (Wildman–Crippen MR) is 85.1 cm³/mol. The van der Waals surface area contributed by atoms with Gasteiger partial charge in [-0.2, -0.15) is 5.10 Å². The number of hydrogen-bond acceptors (Lipinski definition) is 4. The van der Waals surface area contributed by atoms with E-state index in [2.05, 4.69) is 15.4 Å². The summed E-state index contributed by atoms with van der Waals surface area (Å²) in [6, 6.07) is 7.19. The zero-order valence-corrected chi connectivity index (χ0v) is 13.0. The molecule has 7 heteroatoms. The first-order valence-corrected chi connectivity index (χ1v) is 7.68. The Morgan fingerprint density at radius 3 is 3.00 bits per heavy atom. The largest absolute Gasteiger partial charge is 0.350 e. The van der Waals surface area contributed by atoms with Crippen LogP contribution in [0.5, 0.6) is 0 Å². The highest BCUT2D eigenvalue weighted by atomic mass is 16.2. The lowest BCUT2D eigenvalue weighted by Crippen LogP contribution is -2.30. The molecule has 1 N–H and O–H groups in total. The SMILES string of the molecule is C[C@@H](CNC(=O)c1cccc(N2CCCC2=O)c1)n1cncn1. The Morgan fingerprint density at radius 1 is 1.43 bits per heavy atom. The van der Waals surface area contributed by atoms with Crippen LogP contribution in [0.15, 0.2) is 36.9 Å². The second-order valence-corrected chi connectivity index (χ2v) is 5.63. The van der Waals surface area contributed by atoms with Crippen molar-refractivity contribution in [1.82, 2.24) is 20.1 Å². The van der Waals surface area contributed by atoms with Crippen LogP contribution in [0.2, 0.25) is 0 Å². The molecule has 1 aromatic heterocycles. The summed E-state index contributed by atoms with van der Waals surface area (Å²) < 4.78 is 1.69. The summed E-state index contributed by atoms with van der Waals surface area (Å²) in [5.74, 6) is -0.0483. The van der Waals surface area contributed by atoms with E-state index in [-0.39, 0.29) is 17.9 Å². The van der Waals surface area contributed by atoms with Crippen LogP contribution < -0.4 is 10.2 Å². The average Bonchev–Trinajstić information content (AvgIpc) is 3.24. The van der Waals surface area contributed by atoms with Gasteiger partial charge in [-0.1, -0.05) is 6.07 Å². The fraction of sp³-hybridized carbons (Fsp3) is 0.375. The lowest BCUT2D eigenvalue weighted by Gasteiger charge is -2.17. The van der Waals surface area contributed by atoms with Gasteiger partial charge in [0.05, 0.1) is 6.04 Å². The van der Waals surface area contributed by atoms with E-state index in [0.717, 1.165) is 12.1 Å². The maximum Gasteiger partial charge on any atom is 0.251 e. The Labute approximate surface area is 134 Å². The summed E-state index contributed by atoms with van der Waals surface area (Å²) in [5, 5.41) is 6.94. The number of benzene rings is 1. The average molecular weight is 313 g/mol. The minimum Gasteiger partial charge on any atom is -0.350 e. The van der Waals surface area contributed by atoms with Gasteiger partial charge >= 0.3 is 0 Å². The van der Waals surface area contributed by atoms with Gasteiger partial charge < -0.3 is 10.2 Å². The predicted octanol–water partition coefficient (Wildman–Crippen LogP) is 1.40. The molecule has 0 aliphatic carbocycles. The van der Waals surface area contributed by atoms with Gasteiger partial charge in [-0.15, -0.1) is 0 Å². The molecule has 0 radical (unpaired) electrons. The van der Waals surface area contributed by atoms with Gasteiger partial charge in [0.1, 0.15) is 12.7 Å². The number of carbonyl (C=O) groups excluding carboxylic acids is 2. The molecular weight excluding hydrogens is 294 g/mol. The maximum absolute atomic E-state index is 12.3. The standard InChI is InChI=1S/C16H19N5O2/c1-12(21-11-17-10-19-21)9-18-16(23)13-4-2-5-14(8-13)20-7-3-6-15(20)22/h2,4-5,8,10-12H,3,6-7,9H2,1H3,(H,18,23)/t12-/m0/s1. The fourth-order valence-corrected chi connectivity index (χ4v) is 2.62. The number of anilines is 1. The van der Waals surface area contributed by atoms with Gasteiger partial charge in [0, 0.05) is 30.8 Å². The van der Waals surface area contributed by atoms with Crippen LogP contribution in [0.25, 0.3) is 0 Å². The monoisotopic (exact) mass is 313 g/mol. The molecule has 23 heavy (non-hydrogen) atoms. The number of nitrogens with zero attached hydrogens (tertiary/aromatic N) is 4. The number of carbonyl (C=O) groups is 2. The van der Waals surface area contributed by atoms with Crippen molar-refractivity contribution in [3.63, 3.8) is 0 Å². The van der Waals surface area contributed by atoms with Crippen molar-refractivity contribution in [2.45, 2.75) is 25.8 Å². The van der Waals surface area contributed by atoms with Crippen molar-refractivity contribution >= 4 is 17.5 Å². The van der Waals surface area contributed by atoms with E-state index in [4.69, 9.17) is 0 Å². The highest BCUT2D eigenvalue weighted by Crippen LogP contribution is 2.22. The Morgan fingerprint density at radius 2 is 2.30 bits per heavy atom. The molecular formula is C16H19N5O2. The first-order valence-electron chi connectivity index (χ1n) is 7.68. The van der Waals surface area contributed by atoms with Crippen molar-refractivity contribution in [2.24, 2.45) is 0 Å². The molecule has 0 bridgehead atoms. The highest BCUT2D eigenvalue weighted by Gasteiger charge is 2.22. The zero-order chi connectivity index (χ0) is 16.2. The molecule has 1 aliphatic rings. The molecule has 120 valence electrons. The molecule has 1 aliphatic heterocycles. The molecule has 0 unspecified atom stereocenters. The van der Waals surface area contributed by atoms with E-state index in [1.165, 1.54) is 6.33 Å². The number of aromatic nitrogens is 3. The van der Waals surface area contributed by atoms with Crippen molar-refractivity contribution in [3.8, 4) is 0 Å². The van der Waals surface area contributed by atoms with Crippen LogP contribution in [-0.2, 0) is 4.79 Å². The molecule has 1 fully saturated rings. The second kappa shape index (κ2) is 6.60. The Bertz CT molecular complexity index is 698. The van der Waals surface area contributed by atoms with Crippen molar-refractivity contribution < 1.29 is 9.59 Å². The van der Waals surface area contributed by atoms with E-state index in [1.807, 2.05) is 13.0 Å². The molecule has 7 nitrogen and oxygen atoms in total. The van der Waals surface area contributed by atoms with E-state index in [1.54, 1.807) is 34.1 Å². The van der Waals surface area contributed by atoms with E-state index in [9.17, 15) is 9.59 Å². The van der Waals surface area contributed by atoms with Crippen LogP contribution in [0.4, 0.5) is 5.69 Å². The summed E-state index contributed by atoms with van der Waals surface area (Å²) in [4.78, 5) is 29.7. The minimum atomic E-state index is -0.162. The summed E-state index contributed by atoms with van der Waals surface area (Å²) in [7, 11) is 0. The second-order valence-electron chi connectivity index (χ2n) is 5.63. The van der Waals surface area contributed by atoms with Crippen LogP contribution in [-0.4, -0.2) is 39.7 Å². The van der Waals surface area contributed by atoms with Gasteiger partial charge in [-0.25, -0.2) is 9.67 Å². The van der Waals surface area contributed by atoms with Gasteiger partial charge in [0.2, 0.25) is 5.91 Å². The Hall–Kier alpha value is -2.70. The quantitative estimate of drug-likeness (QED) is 0.904. The number of nitrogens with one attached hydrogen (secondary N) is 1. The number of hydrogen-bond donors (Lipinski definition) is 1. The molecule has 2 amide bonds. The molecule has 2 heterocycles. The molecule has 0 saturated carbocycles. The normalized spacial score (nSPS) is 15.7. The lowest BCUT2D eigenvalue weighted by molar-refractivity contribution is -0.117. The highest BCUT2D eigenvalue weighted by molar-refractivity contribution is 5.99. The smallest absolute Gasteiger partial charge is 0.251 e. The van der Waals surface area contributed by atoms with Crippen molar-refractivity contribution in [3.05, 3.63) is 42.5 Å². The van der Waals surface area contributed by atoms with Crippen molar-refractivity contribution in [1.29, 1.82) is 0 Å². The van der Waals surface area contributed by atoms with Crippen LogP contribution >= 0.6 is 0 Å². The topological polar surface area (TPSA) is 80.1 Å². The molecule has 2 aromatic rings. The van der Waals surface area contributed by atoms with Gasteiger partial charge in [-0.05, 0) is 31.5 Å². The van der Waals surface area contributed by atoms with Crippen LogP contribution in [0, 0.1) is 0 Å². The molecule has 1 atom stereocenters. The summed E-state index contributed by atoms with van der Waals surface area (Å²) in [5.41, 5.74) is 1.33. The third-order valence-corrected chi connectivity index (χ3v) is 3.94. The van der Waals surface area contributed by atoms with Gasteiger partial charge in [0.25, 0.3) is 5.91 Å². The summed E-state index contributed by atoms with van der Waals surface area (Å²) in [6.45, 7) is 3.12. The van der Waals surface area contributed by atoms with E-state index < -0.39 is 0 Å². The number of amides is 2. The molecule has 1 aromatic carbocycles. The third kappa shape index (κ3) is 3.39. The number of rotatable bonds is 5. The molecule has 1 saturated heterocycles. The van der Waals surface area contributed by atoms with E-state index in [0.29, 0.717) is 25.1 Å².